The van der Waals surface area contributed by atoms with Gasteiger partial charge < -0.3 is 20.3 Å². The zero-order chi connectivity index (χ0) is 47.4. The van der Waals surface area contributed by atoms with Gasteiger partial charge in [-0.2, -0.15) is 0 Å². The number of ether oxygens (including phenoxy) is 1. The summed E-state index contributed by atoms with van der Waals surface area (Å²) in [5.41, 5.74) is 0. The third-order valence-electron chi connectivity index (χ3n) is 13.2. The fourth-order valence-electron chi connectivity index (χ4n) is 8.81. The Kier molecular flexibility index (Phi) is 51.5. The lowest BCUT2D eigenvalue weighted by atomic mass is 10.0. The molecule has 65 heavy (non-hydrogen) atoms. The number of hydrogen-bond donors (Lipinski definition) is 3. The van der Waals surface area contributed by atoms with Crippen molar-refractivity contribution in [2.45, 2.75) is 322 Å². The number of esters is 1. The third kappa shape index (κ3) is 48.3. The maximum absolute atomic E-state index is 13.3. The molecule has 6 nitrogen and oxygen atoms in total. The molecular formula is C59H111NO5. The van der Waals surface area contributed by atoms with Gasteiger partial charge in [0.2, 0.25) is 5.91 Å². The van der Waals surface area contributed by atoms with Crippen molar-refractivity contribution in [2.75, 3.05) is 6.61 Å². The molecule has 0 aliphatic heterocycles. The average Bonchev–Trinajstić information content (AvgIpc) is 3.30. The van der Waals surface area contributed by atoms with Gasteiger partial charge in [0.15, 0.2) is 0 Å². The summed E-state index contributed by atoms with van der Waals surface area (Å²) >= 11 is 0. The van der Waals surface area contributed by atoms with Gasteiger partial charge >= 0.3 is 5.97 Å². The first-order valence-electron chi connectivity index (χ1n) is 28.7. The molecule has 0 spiro atoms. The van der Waals surface area contributed by atoms with E-state index in [4.69, 9.17) is 4.74 Å². The number of hydrogen-bond acceptors (Lipinski definition) is 5. The monoisotopic (exact) mass is 914 g/mol. The van der Waals surface area contributed by atoms with E-state index >= 15 is 0 Å². The molecule has 0 aromatic rings. The first-order chi connectivity index (χ1) is 32.0. The number of nitrogens with one attached hydrogen (secondary N) is 1. The average molecular weight is 915 g/mol. The lowest BCUT2D eigenvalue weighted by Gasteiger charge is -2.24. The number of carbonyl (C=O) groups excluding carboxylic acids is 2. The number of aliphatic hydroxyl groups is 2. The second kappa shape index (κ2) is 53.0. The topological polar surface area (TPSA) is 95.9 Å². The molecule has 1 amide bonds. The Morgan fingerprint density at radius 1 is 0.446 bits per heavy atom. The van der Waals surface area contributed by atoms with E-state index in [1.165, 1.54) is 186 Å². The fourth-order valence-corrected chi connectivity index (χ4v) is 8.81. The minimum Gasteiger partial charge on any atom is -0.462 e. The summed E-state index contributed by atoms with van der Waals surface area (Å²) in [4.78, 5) is 26.2. The number of rotatable bonds is 52. The van der Waals surface area contributed by atoms with Crippen molar-refractivity contribution in [1.29, 1.82) is 0 Å². The van der Waals surface area contributed by atoms with E-state index in [1.54, 1.807) is 0 Å². The predicted molar refractivity (Wildman–Crippen MR) is 282 cm³/mol. The molecular weight excluding hydrogens is 803 g/mol. The lowest BCUT2D eigenvalue weighted by Crippen LogP contribution is -2.46. The Morgan fingerprint density at radius 2 is 0.785 bits per heavy atom. The van der Waals surface area contributed by atoms with Crippen molar-refractivity contribution in [1.82, 2.24) is 5.32 Å². The van der Waals surface area contributed by atoms with Crippen LogP contribution in [0.3, 0.4) is 0 Å². The molecule has 0 aromatic carbocycles. The highest BCUT2D eigenvalue weighted by molar-refractivity contribution is 5.77. The molecule has 382 valence electrons. The molecule has 0 bridgehead atoms. The predicted octanol–water partition coefficient (Wildman–Crippen LogP) is 17.6. The van der Waals surface area contributed by atoms with Crippen LogP contribution in [0.4, 0.5) is 0 Å². The van der Waals surface area contributed by atoms with E-state index in [2.05, 4.69) is 62.5 Å². The van der Waals surface area contributed by atoms with E-state index in [1.807, 2.05) is 0 Å². The summed E-state index contributed by atoms with van der Waals surface area (Å²) in [5.74, 6) is -0.478. The number of aliphatic hydroxyl groups excluding tert-OH is 2. The quantitative estimate of drug-likeness (QED) is 0.0321. The van der Waals surface area contributed by atoms with E-state index in [9.17, 15) is 19.8 Å². The van der Waals surface area contributed by atoms with Crippen molar-refractivity contribution in [3.05, 3.63) is 36.5 Å². The third-order valence-corrected chi connectivity index (χ3v) is 13.2. The Morgan fingerprint density at radius 3 is 1.23 bits per heavy atom. The summed E-state index contributed by atoms with van der Waals surface area (Å²) in [5, 5.41) is 23.9. The Balaban J connectivity index is 4.52. The summed E-state index contributed by atoms with van der Waals surface area (Å²) in [6, 6.07) is -0.704. The first-order valence-corrected chi connectivity index (χ1v) is 28.7. The van der Waals surface area contributed by atoms with Gasteiger partial charge in [0, 0.05) is 6.42 Å². The molecule has 3 unspecified atom stereocenters. The smallest absolute Gasteiger partial charge is 0.306 e. The van der Waals surface area contributed by atoms with Gasteiger partial charge in [-0.25, -0.2) is 0 Å². The second-order valence-corrected chi connectivity index (χ2v) is 19.7. The fraction of sp³-hybridized carbons (Fsp3) is 0.864. The number of unbranched alkanes of at least 4 members (excludes halogenated alkanes) is 34. The van der Waals surface area contributed by atoms with Crippen LogP contribution in [0.2, 0.25) is 0 Å². The van der Waals surface area contributed by atoms with Gasteiger partial charge in [0.05, 0.1) is 25.2 Å². The highest BCUT2D eigenvalue weighted by Crippen LogP contribution is 2.18. The highest BCUT2D eigenvalue weighted by atomic mass is 16.5. The van der Waals surface area contributed by atoms with Crippen molar-refractivity contribution >= 4 is 11.9 Å². The van der Waals surface area contributed by atoms with Gasteiger partial charge in [-0.1, -0.05) is 243 Å². The molecule has 0 radical (unpaired) electrons. The summed E-state index contributed by atoms with van der Waals surface area (Å²) in [6.45, 7) is 6.47. The molecule has 0 rings (SSSR count). The zero-order valence-corrected chi connectivity index (χ0v) is 43.6. The standard InChI is InChI=1S/C59H111NO5/c1-4-7-10-13-16-19-22-25-27-29-31-34-37-40-43-46-49-52-59(64)65-55(50-47-44-41-38-35-32-24-21-18-15-12-9-6-3)53-58(63)60-56(54-61)57(62)51-48-45-42-39-36-33-30-28-26-23-20-17-14-11-8-5-2/h16,19,21,24-25,27,55-57,61-62H,4-15,17-18,20,22-23,26,28-54H2,1-3H3,(H,60,63)/b19-16-,24-21-,27-25-. The van der Waals surface area contributed by atoms with Gasteiger partial charge in [0.1, 0.15) is 6.10 Å². The molecule has 0 aromatic heterocycles. The van der Waals surface area contributed by atoms with Crippen molar-refractivity contribution in [3.63, 3.8) is 0 Å². The van der Waals surface area contributed by atoms with E-state index in [0.717, 1.165) is 70.6 Å². The minimum absolute atomic E-state index is 0.0714. The molecule has 0 fully saturated rings. The Labute approximate surface area is 404 Å². The van der Waals surface area contributed by atoms with E-state index < -0.39 is 18.2 Å². The van der Waals surface area contributed by atoms with E-state index in [0.29, 0.717) is 19.3 Å². The molecule has 3 N–H and O–H groups in total. The lowest BCUT2D eigenvalue weighted by molar-refractivity contribution is -0.151. The van der Waals surface area contributed by atoms with Crippen molar-refractivity contribution in [2.24, 2.45) is 0 Å². The summed E-state index contributed by atoms with van der Waals surface area (Å²) in [6.07, 6.45) is 63.5. The molecule has 0 saturated carbocycles. The molecule has 0 aliphatic rings. The van der Waals surface area contributed by atoms with Gasteiger partial charge in [-0.3, -0.25) is 9.59 Å². The normalized spacial score (nSPS) is 13.4. The van der Waals surface area contributed by atoms with Crippen LogP contribution < -0.4 is 5.32 Å². The molecule has 0 saturated heterocycles. The SMILES string of the molecule is CCCCC/C=C\C/C=C\CCCCCCCCCC(=O)OC(CCCCCCC/C=C\CCCCCC)CC(=O)NC(CO)C(O)CCCCCCCCCCCCCCCCCC. The number of amides is 1. The largest absolute Gasteiger partial charge is 0.462 e. The molecule has 0 heterocycles. The van der Waals surface area contributed by atoms with Crippen LogP contribution >= 0.6 is 0 Å². The van der Waals surface area contributed by atoms with Crippen LogP contribution in [0.5, 0.6) is 0 Å². The summed E-state index contributed by atoms with van der Waals surface area (Å²) < 4.78 is 5.95. The van der Waals surface area contributed by atoms with Gasteiger partial charge in [-0.05, 0) is 83.5 Å². The Hall–Kier alpha value is -1.92. The van der Waals surface area contributed by atoms with Gasteiger partial charge in [-0.15, -0.1) is 0 Å². The van der Waals surface area contributed by atoms with E-state index in [-0.39, 0.29) is 24.9 Å². The Bertz CT molecular complexity index is 1070. The highest BCUT2D eigenvalue weighted by Gasteiger charge is 2.24. The van der Waals surface area contributed by atoms with Crippen LogP contribution in [0.15, 0.2) is 36.5 Å². The van der Waals surface area contributed by atoms with Crippen LogP contribution in [0, 0.1) is 0 Å². The summed E-state index contributed by atoms with van der Waals surface area (Å²) in [7, 11) is 0. The maximum Gasteiger partial charge on any atom is 0.306 e. The van der Waals surface area contributed by atoms with Crippen LogP contribution in [-0.4, -0.2) is 46.9 Å². The molecule has 3 atom stereocenters. The zero-order valence-electron chi connectivity index (χ0n) is 43.6. The maximum atomic E-state index is 13.3. The number of allylic oxidation sites excluding steroid dienone is 6. The minimum atomic E-state index is -0.790. The number of carbonyl (C=O) groups is 2. The first kappa shape index (κ1) is 63.1. The van der Waals surface area contributed by atoms with Crippen molar-refractivity contribution < 1.29 is 24.5 Å². The van der Waals surface area contributed by atoms with Gasteiger partial charge in [0.25, 0.3) is 0 Å². The van der Waals surface area contributed by atoms with Crippen LogP contribution in [-0.2, 0) is 14.3 Å². The van der Waals surface area contributed by atoms with Crippen LogP contribution in [0.25, 0.3) is 0 Å². The van der Waals surface area contributed by atoms with Crippen molar-refractivity contribution in [3.8, 4) is 0 Å². The molecule has 0 aliphatic carbocycles. The second-order valence-electron chi connectivity index (χ2n) is 19.7. The molecule has 6 heteroatoms. The van der Waals surface area contributed by atoms with Crippen LogP contribution in [0.1, 0.15) is 303 Å².